The predicted octanol–water partition coefficient (Wildman–Crippen LogP) is 3.19. The van der Waals surface area contributed by atoms with Gasteiger partial charge < -0.3 is 15.7 Å². The van der Waals surface area contributed by atoms with Crippen molar-refractivity contribution in [1.82, 2.24) is 24.7 Å². The Labute approximate surface area is 198 Å². The van der Waals surface area contributed by atoms with Crippen LogP contribution in [0.25, 0.3) is 22.6 Å². The lowest BCUT2D eigenvalue weighted by Gasteiger charge is -2.45. The van der Waals surface area contributed by atoms with E-state index in [1.807, 2.05) is 0 Å². The summed E-state index contributed by atoms with van der Waals surface area (Å²) in [5, 5.41) is 21.5. The third-order valence-corrected chi connectivity index (χ3v) is 7.39. The van der Waals surface area contributed by atoms with Crippen molar-refractivity contribution >= 4 is 28.6 Å². The average Bonchev–Trinajstić information content (AvgIpc) is 3.29. The highest BCUT2D eigenvalue weighted by Crippen LogP contribution is 2.56. The molecule has 0 bridgehead atoms. The average molecular weight is 477 g/mol. The Morgan fingerprint density at radius 3 is 2.66 bits per heavy atom. The Morgan fingerprint density at radius 1 is 1.14 bits per heavy atom. The molecule has 5 heterocycles. The highest BCUT2D eigenvalue weighted by molar-refractivity contribution is 6.01. The first kappa shape index (κ1) is 21.5. The zero-order chi connectivity index (χ0) is 24.7. The highest BCUT2D eigenvalue weighted by Gasteiger charge is 2.61. The molecule has 0 saturated heterocycles. The van der Waals surface area contributed by atoms with Gasteiger partial charge in [-0.25, -0.2) is 28.4 Å². The zero-order valence-corrected chi connectivity index (χ0v) is 19.1. The molecule has 0 spiro atoms. The first-order valence-corrected chi connectivity index (χ1v) is 11.1. The molecule has 3 N–H and O–H groups in total. The topological polar surface area (TPSA) is 118 Å². The number of carbonyl (C=O) groups excluding carboxylic acids is 1. The smallest absolute Gasteiger partial charge is 0.232 e. The highest BCUT2D eigenvalue weighted by atomic mass is 19.1. The van der Waals surface area contributed by atoms with Gasteiger partial charge in [0, 0.05) is 11.1 Å². The first-order valence-electron chi connectivity index (χ1n) is 11.1. The van der Waals surface area contributed by atoms with Gasteiger partial charge >= 0.3 is 0 Å². The number of aliphatic hydroxyl groups is 1. The molecule has 6 rings (SSSR count). The molecule has 1 unspecified atom stereocenters. The van der Waals surface area contributed by atoms with E-state index in [1.54, 1.807) is 39.0 Å². The van der Waals surface area contributed by atoms with Crippen molar-refractivity contribution in [2.24, 2.45) is 5.41 Å². The Kier molecular flexibility index (Phi) is 4.32. The molecule has 2 aliphatic heterocycles. The van der Waals surface area contributed by atoms with Gasteiger partial charge in [0.25, 0.3) is 0 Å². The summed E-state index contributed by atoms with van der Waals surface area (Å²) < 4.78 is 30.0. The van der Waals surface area contributed by atoms with Crippen LogP contribution >= 0.6 is 0 Å². The van der Waals surface area contributed by atoms with Gasteiger partial charge in [-0.05, 0) is 32.9 Å². The number of aromatic nitrogens is 5. The molecule has 35 heavy (non-hydrogen) atoms. The number of nitrogens with zero attached hydrogens (tertiary/aromatic N) is 5. The van der Waals surface area contributed by atoms with Crippen molar-refractivity contribution in [3.8, 4) is 11.5 Å². The number of nitrogens with one attached hydrogen (secondary N) is 2. The standard InChI is InChI=1S/C24H21F2N7O2/c1-23(2)21(34)30-17-15-18(31-22(35)24(15,23)3)29-19(28-17)16-13-8-12(25)9-27-20(13)33(32-16)10-11-6-4-5-7-14(11)26/h4-9,22,35H,10H2,1-3H3,(H2,28,29,30,31,34)/t22?,24-/m0/s1. The van der Waals surface area contributed by atoms with Crippen LogP contribution in [0, 0.1) is 17.0 Å². The van der Waals surface area contributed by atoms with Gasteiger partial charge in [0.15, 0.2) is 11.5 Å². The van der Waals surface area contributed by atoms with Crippen molar-refractivity contribution in [1.29, 1.82) is 0 Å². The first-order chi connectivity index (χ1) is 16.6. The molecular weight excluding hydrogens is 456 g/mol. The maximum absolute atomic E-state index is 14.3. The van der Waals surface area contributed by atoms with Gasteiger partial charge in [0.05, 0.1) is 29.0 Å². The molecule has 0 saturated carbocycles. The van der Waals surface area contributed by atoms with Crippen LogP contribution in [-0.4, -0.2) is 42.0 Å². The van der Waals surface area contributed by atoms with E-state index >= 15 is 0 Å². The van der Waals surface area contributed by atoms with Crippen molar-refractivity contribution in [3.63, 3.8) is 0 Å². The lowest BCUT2D eigenvalue weighted by molar-refractivity contribution is -0.130. The van der Waals surface area contributed by atoms with Gasteiger partial charge in [-0.15, -0.1) is 0 Å². The lowest BCUT2D eigenvalue weighted by Crippen LogP contribution is -2.56. The van der Waals surface area contributed by atoms with E-state index in [-0.39, 0.29) is 29.8 Å². The summed E-state index contributed by atoms with van der Waals surface area (Å²) in [6.45, 7) is 5.36. The van der Waals surface area contributed by atoms with E-state index in [2.05, 4.69) is 30.7 Å². The second-order valence-electron chi connectivity index (χ2n) is 9.57. The number of amides is 1. The summed E-state index contributed by atoms with van der Waals surface area (Å²) in [7, 11) is 0. The molecule has 3 aromatic heterocycles. The molecule has 2 atom stereocenters. The van der Waals surface area contributed by atoms with Gasteiger partial charge in [0.2, 0.25) is 5.91 Å². The van der Waals surface area contributed by atoms with E-state index in [0.717, 1.165) is 6.20 Å². The normalized spacial score (nSPS) is 22.1. The van der Waals surface area contributed by atoms with Crippen molar-refractivity contribution in [3.05, 3.63) is 59.3 Å². The maximum atomic E-state index is 14.3. The fourth-order valence-electron chi connectivity index (χ4n) is 4.92. The van der Waals surface area contributed by atoms with Crippen LogP contribution in [0.2, 0.25) is 0 Å². The van der Waals surface area contributed by atoms with Crippen LogP contribution in [-0.2, 0) is 16.8 Å². The summed E-state index contributed by atoms with van der Waals surface area (Å²) >= 11 is 0. The van der Waals surface area contributed by atoms with Crippen LogP contribution in [0.5, 0.6) is 0 Å². The number of rotatable bonds is 3. The van der Waals surface area contributed by atoms with Crippen LogP contribution in [0.3, 0.4) is 0 Å². The SMILES string of the molecule is CC1(C)C(=O)Nc2nc(-c3nn(Cc4ccccc4F)c4ncc(F)cc34)nc3c2[C@@]1(C)C(O)N3. The van der Waals surface area contributed by atoms with Crippen molar-refractivity contribution in [2.45, 2.75) is 39.0 Å². The van der Waals surface area contributed by atoms with E-state index < -0.39 is 28.7 Å². The molecule has 0 aliphatic carbocycles. The van der Waals surface area contributed by atoms with Crippen LogP contribution in [0.4, 0.5) is 20.4 Å². The molecule has 0 fully saturated rings. The number of halogens is 2. The fraction of sp³-hybridized carbons (Fsp3) is 0.292. The van der Waals surface area contributed by atoms with E-state index in [0.29, 0.717) is 28.0 Å². The van der Waals surface area contributed by atoms with Crippen molar-refractivity contribution < 1.29 is 18.7 Å². The molecule has 0 radical (unpaired) electrons. The lowest BCUT2D eigenvalue weighted by atomic mass is 9.61. The maximum Gasteiger partial charge on any atom is 0.232 e. The Morgan fingerprint density at radius 2 is 1.89 bits per heavy atom. The van der Waals surface area contributed by atoms with Crippen LogP contribution in [0.15, 0.2) is 36.5 Å². The second-order valence-corrected chi connectivity index (χ2v) is 9.57. The molecule has 1 aromatic carbocycles. The third kappa shape index (κ3) is 2.84. The molecule has 178 valence electrons. The quantitative estimate of drug-likeness (QED) is 0.415. The Hall–Kier alpha value is -3.99. The number of pyridine rings is 1. The molecule has 2 aliphatic rings. The van der Waals surface area contributed by atoms with Gasteiger partial charge in [0.1, 0.15) is 35.2 Å². The molecular formula is C24H21F2N7O2. The molecule has 1 amide bonds. The molecule has 11 heteroatoms. The van der Waals surface area contributed by atoms with Gasteiger partial charge in [-0.1, -0.05) is 18.2 Å². The predicted molar refractivity (Wildman–Crippen MR) is 123 cm³/mol. The number of aliphatic hydroxyl groups excluding tert-OH is 1. The minimum absolute atomic E-state index is 0.0551. The summed E-state index contributed by atoms with van der Waals surface area (Å²) in [4.78, 5) is 26.2. The number of carbonyl (C=O) groups is 1. The van der Waals surface area contributed by atoms with Crippen LogP contribution < -0.4 is 10.6 Å². The minimum atomic E-state index is -1.07. The minimum Gasteiger partial charge on any atom is -0.373 e. The van der Waals surface area contributed by atoms with E-state index in [4.69, 9.17) is 0 Å². The number of benzene rings is 1. The van der Waals surface area contributed by atoms with E-state index in [1.165, 1.54) is 16.8 Å². The van der Waals surface area contributed by atoms with Crippen LogP contribution in [0.1, 0.15) is 31.9 Å². The van der Waals surface area contributed by atoms with Crippen molar-refractivity contribution in [2.75, 3.05) is 10.6 Å². The summed E-state index contributed by atoms with van der Waals surface area (Å²) in [6, 6.07) is 7.55. The summed E-state index contributed by atoms with van der Waals surface area (Å²) in [5.41, 5.74) is -0.397. The number of hydrogen-bond acceptors (Lipinski definition) is 7. The third-order valence-electron chi connectivity index (χ3n) is 7.39. The zero-order valence-electron chi connectivity index (χ0n) is 19.1. The van der Waals surface area contributed by atoms with Gasteiger partial charge in [-0.2, -0.15) is 5.10 Å². The van der Waals surface area contributed by atoms with E-state index in [9.17, 15) is 18.7 Å². The number of fused-ring (bicyclic) bond motifs is 1. The number of hydrogen-bond donors (Lipinski definition) is 3. The van der Waals surface area contributed by atoms with Gasteiger partial charge in [-0.3, -0.25) is 4.79 Å². The molecule has 4 aromatic rings. The Bertz CT molecular complexity index is 1550. The molecule has 9 nitrogen and oxygen atoms in total. The fourth-order valence-corrected chi connectivity index (χ4v) is 4.92. The monoisotopic (exact) mass is 477 g/mol. The summed E-state index contributed by atoms with van der Waals surface area (Å²) in [5.74, 6) is -0.569. The largest absolute Gasteiger partial charge is 0.373 e. The summed E-state index contributed by atoms with van der Waals surface area (Å²) in [6.07, 6.45) is -0.0127. The Balaban J connectivity index is 1.55. The number of anilines is 2. The second kappa shape index (κ2) is 7.01.